The Bertz CT molecular complexity index is 400. The van der Waals surface area contributed by atoms with Crippen LogP contribution in [0.4, 0.5) is 4.39 Å². The van der Waals surface area contributed by atoms with Gasteiger partial charge in [-0.25, -0.2) is 4.39 Å². The third-order valence-corrected chi connectivity index (χ3v) is 5.17. The molecule has 2 atom stereocenters. The quantitative estimate of drug-likeness (QED) is 0.693. The minimum Gasteiger partial charge on any atom is -0.313 e. The van der Waals surface area contributed by atoms with Gasteiger partial charge in [-0.15, -0.1) is 0 Å². The molecule has 0 saturated carbocycles. The van der Waals surface area contributed by atoms with Gasteiger partial charge in [0.25, 0.3) is 0 Å². The van der Waals surface area contributed by atoms with Crippen LogP contribution >= 0.6 is 23.4 Å². The lowest BCUT2D eigenvalue weighted by Crippen LogP contribution is -2.34. The molecule has 1 aromatic rings. The van der Waals surface area contributed by atoms with E-state index in [2.05, 4.69) is 26.1 Å². The van der Waals surface area contributed by atoms with E-state index in [-0.39, 0.29) is 5.82 Å². The van der Waals surface area contributed by atoms with Crippen LogP contribution in [0.3, 0.4) is 0 Å². The van der Waals surface area contributed by atoms with Crippen molar-refractivity contribution < 1.29 is 4.39 Å². The predicted molar refractivity (Wildman–Crippen MR) is 89.4 cm³/mol. The number of benzene rings is 1. The molecule has 114 valence electrons. The maximum atomic E-state index is 13.1. The molecule has 0 fully saturated rings. The molecule has 0 aliphatic heterocycles. The fourth-order valence-corrected chi connectivity index (χ4v) is 3.17. The van der Waals surface area contributed by atoms with Gasteiger partial charge in [0.1, 0.15) is 5.82 Å². The fraction of sp³-hybridized carbons (Fsp3) is 0.625. The van der Waals surface area contributed by atoms with E-state index in [0.29, 0.717) is 16.3 Å². The van der Waals surface area contributed by atoms with Crippen LogP contribution in [-0.4, -0.2) is 23.6 Å². The Balaban J connectivity index is 2.62. The highest BCUT2D eigenvalue weighted by atomic mass is 35.5. The zero-order chi connectivity index (χ0) is 15.0. The van der Waals surface area contributed by atoms with Crippen molar-refractivity contribution in [3.63, 3.8) is 0 Å². The van der Waals surface area contributed by atoms with Gasteiger partial charge in [0, 0.05) is 22.1 Å². The van der Waals surface area contributed by atoms with Crippen LogP contribution in [0.15, 0.2) is 18.2 Å². The van der Waals surface area contributed by atoms with Gasteiger partial charge >= 0.3 is 0 Å². The summed E-state index contributed by atoms with van der Waals surface area (Å²) in [6.45, 7) is 7.64. The first kappa shape index (κ1) is 17.8. The highest BCUT2D eigenvalue weighted by Crippen LogP contribution is 2.21. The minimum atomic E-state index is -0.272. The van der Waals surface area contributed by atoms with E-state index in [9.17, 15) is 4.39 Å². The van der Waals surface area contributed by atoms with Crippen molar-refractivity contribution in [2.24, 2.45) is 0 Å². The largest absolute Gasteiger partial charge is 0.313 e. The monoisotopic (exact) mass is 317 g/mol. The summed E-state index contributed by atoms with van der Waals surface area (Å²) in [5, 5.41) is 4.77. The Kier molecular flexibility index (Phi) is 8.58. The average Bonchev–Trinajstić information content (AvgIpc) is 2.43. The molecule has 0 saturated heterocycles. The molecule has 0 spiro atoms. The zero-order valence-electron chi connectivity index (χ0n) is 12.6. The van der Waals surface area contributed by atoms with Crippen molar-refractivity contribution in [3.05, 3.63) is 34.6 Å². The van der Waals surface area contributed by atoms with Crippen LogP contribution < -0.4 is 5.32 Å². The standard InChI is InChI=1S/C16H25ClFNS/c1-4-8-19-15(11-20-12(3)5-2)9-13-6-7-14(18)10-16(13)17/h6-7,10,12,15,19H,4-5,8-9,11H2,1-3H3. The highest BCUT2D eigenvalue weighted by Gasteiger charge is 2.13. The second kappa shape index (κ2) is 9.64. The van der Waals surface area contributed by atoms with Crippen LogP contribution in [0.5, 0.6) is 0 Å². The van der Waals surface area contributed by atoms with Gasteiger partial charge in [0.05, 0.1) is 0 Å². The molecule has 1 N–H and O–H groups in total. The Morgan fingerprint density at radius 3 is 2.70 bits per heavy atom. The van der Waals surface area contributed by atoms with Crippen LogP contribution in [-0.2, 0) is 6.42 Å². The van der Waals surface area contributed by atoms with Gasteiger partial charge in [-0.2, -0.15) is 11.8 Å². The van der Waals surface area contributed by atoms with E-state index in [1.807, 2.05) is 11.8 Å². The molecule has 1 aromatic carbocycles. The van der Waals surface area contributed by atoms with Crippen LogP contribution in [0.1, 0.15) is 39.2 Å². The van der Waals surface area contributed by atoms with Crippen molar-refractivity contribution >= 4 is 23.4 Å². The van der Waals surface area contributed by atoms with Gasteiger partial charge in [0.15, 0.2) is 0 Å². The fourth-order valence-electron chi connectivity index (χ4n) is 1.89. The molecule has 2 unspecified atom stereocenters. The minimum absolute atomic E-state index is 0.272. The van der Waals surface area contributed by atoms with Crippen molar-refractivity contribution in [2.45, 2.75) is 51.3 Å². The summed E-state index contributed by atoms with van der Waals surface area (Å²) in [5.74, 6) is 0.786. The summed E-state index contributed by atoms with van der Waals surface area (Å²) in [5.41, 5.74) is 1.02. The van der Waals surface area contributed by atoms with E-state index >= 15 is 0 Å². The molecule has 0 amide bonds. The number of halogens is 2. The number of nitrogens with one attached hydrogen (secondary N) is 1. The van der Waals surface area contributed by atoms with E-state index in [1.165, 1.54) is 18.6 Å². The third kappa shape index (κ3) is 6.47. The third-order valence-electron chi connectivity index (χ3n) is 3.32. The Morgan fingerprint density at radius 2 is 2.10 bits per heavy atom. The molecule has 1 rings (SSSR count). The van der Waals surface area contributed by atoms with Crippen LogP contribution in [0.25, 0.3) is 0 Å². The molecule has 4 heteroatoms. The van der Waals surface area contributed by atoms with E-state index < -0.39 is 0 Å². The van der Waals surface area contributed by atoms with Crippen molar-refractivity contribution in [2.75, 3.05) is 12.3 Å². The van der Waals surface area contributed by atoms with E-state index in [0.717, 1.165) is 30.7 Å². The SMILES string of the molecule is CCCNC(CSC(C)CC)Cc1ccc(F)cc1Cl. The second-order valence-electron chi connectivity index (χ2n) is 5.14. The van der Waals surface area contributed by atoms with Gasteiger partial charge in [-0.05, 0) is 43.5 Å². The van der Waals surface area contributed by atoms with Gasteiger partial charge in [-0.1, -0.05) is 38.4 Å². The number of rotatable bonds is 9. The van der Waals surface area contributed by atoms with Crippen LogP contribution in [0.2, 0.25) is 5.02 Å². The highest BCUT2D eigenvalue weighted by molar-refractivity contribution is 7.99. The molecule has 1 nitrogen and oxygen atoms in total. The number of thioether (sulfide) groups is 1. The summed E-state index contributed by atoms with van der Waals surface area (Å²) in [6, 6.07) is 5.07. The zero-order valence-corrected chi connectivity index (χ0v) is 14.2. The lowest BCUT2D eigenvalue weighted by atomic mass is 10.1. The van der Waals surface area contributed by atoms with Crippen molar-refractivity contribution in [1.82, 2.24) is 5.32 Å². The molecule has 0 heterocycles. The first-order valence-corrected chi connectivity index (χ1v) is 8.78. The predicted octanol–water partition coefficient (Wildman–Crippen LogP) is 4.92. The van der Waals surface area contributed by atoms with Crippen molar-refractivity contribution in [3.8, 4) is 0 Å². The smallest absolute Gasteiger partial charge is 0.124 e. The number of hydrogen-bond donors (Lipinski definition) is 1. The lowest BCUT2D eigenvalue weighted by molar-refractivity contribution is 0.548. The van der Waals surface area contributed by atoms with Crippen molar-refractivity contribution in [1.29, 1.82) is 0 Å². The summed E-state index contributed by atoms with van der Waals surface area (Å²) < 4.78 is 13.1. The van der Waals surface area contributed by atoms with Gasteiger partial charge in [-0.3, -0.25) is 0 Å². The van der Waals surface area contributed by atoms with E-state index in [4.69, 9.17) is 11.6 Å². The first-order chi connectivity index (χ1) is 9.56. The molecule has 0 aliphatic rings. The summed E-state index contributed by atoms with van der Waals surface area (Å²) >= 11 is 8.11. The molecular formula is C16H25ClFNS. The Morgan fingerprint density at radius 1 is 1.35 bits per heavy atom. The second-order valence-corrected chi connectivity index (χ2v) is 7.02. The Labute approximate surface area is 131 Å². The molecule has 0 bridgehead atoms. The maximum Gasteiger partial charge on any atom is 0.124 e. The molecule has 0 aromatic heterocycles. The van der Waals surface area contributed by atoms with E-state index in [1.54, 1.807) is 6.07 Å². The summed E-state index contributed by atoms with van der Waals surface area (Å²) in [7, 11) is 0. The summed E-state index contributed by atoms with van der Waals surface area (Å²) in [6.07, 6.45) is 3.15. The van der Waals surface area contributed by atoms with Gasteiger partial charge < -0.3 is 5.32 Å². The Hall–Kier alpha value is -0.250. The maximum absolute atomic E-state index is 13.1. The van der Waals surface area contributed by atoms with Gasteiger partial charge in [0.2, 0.25) is 0 Å². The molecule has 0 radical (unpaired) electrons. The number of hydrogen-bond acceptors (Lipinski definition) is 2. The molecule has 0 aliphatic carbocycles. The molecule has 20 heavy (non-hydrogen) atoms. The topological polar surface area (TPSA) is 12.0 Å². The average molecular weight is 318 g/mol. The molecular weight excluding hydrogens is 293 g/mol. The normalized spacial score (nSPS) is 14.2. The summed E-state index contributed by atoms with van der Waals surface area (Å²) in [4.78, 5) is 0. The van der Waals surface area contributed by atoms with Crippen LogP contribution in [0, 0.1) is 5.82 Å². The first-order valence-electron chi connectivity index (χ1n) is 7.35. The lowest BCUT2D eigenvalue weighted by Gasteiger charge is -2.20.